The second-order valence-corrected chi connectivity index (χ2v) is 6.67. The maximum atomic E-state index is 12.4. The molecule has 5 nitrogen and oxygen atoms in total. The van der Waals surface area contributed by atoms with Gasteiger partial charge in [-0.15, -0.1) is 11.3 Å². The summed E-state index contributed by atoms with van der Waals surface area (Å²) in [4.78, 5) is 25.0. The standard InChI is InChI=1S/C18H17N3O2S/c1-11-12(2)24-18(15(11)16(19)22)20-17(23)13-5-7-14(8-6-13)21-9-3-4-10-21/h3-10H,1-2H3,(H2,19,22)(H,20,23). The van der Waals surface area contributed by atoms with Crippen LogP contribution in [0.25, 0.3) is 5.69 Å². The van der Waals surface area contributed by atoms with E-state index in [-0.39, 0.29) is 5.91 Å². The third kappa shape index (κ3) is 2.96. The Morgan fingerprint density at radius 1 is 1.08 bits per heavy atom. The first-order chi connectivity index (χ1) is 11.5. The topological polar surface area (TPSA) is 77.1 Å². The molecule has 3 aromatic rings. The van der Waals surface area contributed by atoms with Crippen molar-refractivity contribution in [3.8, 4) is 5.69 Å². The van der Waals surface area contributed by atoms with E-state index in [1.165, 1.54) is 11.3 Å². The number of benzene rings is 1. The fourth-order valence-electron chi connectivity index (χ4n) is 2.48. The Bertz CT molecular complexity index is 893. The van der Waals surface area contributed by atoms with Crippen molar-refractivity contribution in [2.24, 2.45) is 5.73 Å². The van der Waals surface area contributed by atoms with Gasteiger partial charge in [-0.2, -0.15) is 0 Å². The van der Waals surface area contributed by atoms with E-state index >= 15 is 0 Å². The summed E-state index contributed by atoms with van der Waals surface area (Å²) < 4.78 is 1.96. The van der Waals surface area contributed by atoms with Crippen molar-refractivity contribution in [1.29, 1.82) is 0 Å². The molecule has 6 heteroatoms. The Labute approximate surface area is 143 Å². The molecule has 24 heavy (non-hydrogen) atoms. The minimum absolute atomic E-state index is 0.266. The highest BCUT2D eigenvalue weighted by molar-refractivity contribution is 7.16. The molecule has 0 saturated heterocycles. The highest BCUT2D eigenvalue weighted by Crippen LogP contribution is 2.32. The number of anilines is 1. The van der Waals surface area contributed by atoms with Gasteiger partial charge in [0.2, 0.25) is 0 Å². The molecule has 0 fully saturated rings. The lowest BCUT2D eigenvalue weighted by molar-refractivity contribution is 0.100. The number of nitrogens with one attached hydrogen (secondary N) is 1. The summed E-state index contributed by atoms with van der Waals surface area (Å²) in [5.41, 5.74) is 8.11. The number of amides is 2. The molecule has 2 amide bonds. The molecule has 1 aromatic carbocycles. The zero-order chi connectivity index (χ0) is 17.3. The van der Waals surface area contributed by atoms with E-state index in [0.717, 1.165) is 16.1 Å². The molecule has 0 bridgehead atoms. The van der Waals surface area contributed by atoms with Gasteiger partial charge in [0.1, 0.15) is 5.00 Å². The second kappa shape index (κ2) is 6.33. The minimum atomic E-state index is -0.532. The van der Waals surface area contributed by atoms with E-state index in [0.29, 0.717) is 16.1 Å². The molecule has 0 unspecified atom stereocenters. The van der Waals surface area contributed by atoms with Crippen molar-refractivity contribution < 1.29 is 9.59 Å². The fourth-order valence-corrected chi connectivity index (χ4v) is 3.54. The van der Waals surface area contributed by atoms with E-state index in [4.69, 9.17) is 5.73 Å². The third-order valence-corrected chi connectivity index (χ3v) is 5.01. The van der Waals surface area contributed by atoms with Crippen molar-refractivity contribution >= 4 is 28.2 Å². The Kier molecular flexibility index (Phi) is 4.22. The van der Waals surface area contributed by atoms with Gasteiger partial charge in [0.15, 0.2) is 0 Å². The van der Waals surface area contributed by atoms with Gasteiger partial charge in [-0.05, 0) is 55.8 Å². The normalized spacial score (nSPS) is 10.6. The van der Waals surface area contributed by atoms with E-state index in [9.17, 15) is 9.59 Å². The Hall–Kier alpha value is -2.86. The molecular weight excluding hydrogens is 322 g/mol. The zero-order valence-corrected chi connectivity index (χ0v) is 14.2. The maximum Gasteiger partial charge on any atom is 0.256 e. The summed E-state index contributed by atoms with van der Waals surface area (Å²) in [6.45, 7) is 3.72. The van der Waals surface area contributed by atoms with Gasteiger partial charge >= 0.3 is 0 Å². The largest absolute Gasteiger partial charge is 0.365 e. The van der Waals surface area contributed by atoms with Gasteiger partial charge in [0.05, 0.1) is 5.56 Å². The Morgan fingerprint density at radius 2 is 1.71 bits per heavy atom. The molecule has 2 heterocycles. The Morgan fingerprint density at radius 3 is 2.29 bits per heavy atom. The van der Waals surface area contributed by atoms with Crippen LogP contribution in [0.4, 0.5) is 5.00 Å². The van der Waals surface area contributed by atoms with Crippen LogP contribution < -0.4 is 11.1 Å². The molecule has 2 aromatic heterocycles. The van der Waals surface area contributed by atoms with Crippen molar-refractivity contribution in [1.82, 2.24) is 4.57 Å². The number of aryl methyl sites for hydroxylation is 1. The summed E-state index contributed by atoms with van der Waals surface area (Å²) in [5.74, 6) is -0.798. The number of rotatable bonds is 4. The van der Waals surface area contributed by atoms with Crippen LogP contribution in [0, 0.1) is 13.8 Å². The number of thiophene rings is 1. The molecular formula is C18H17N3O2S. The van der Waals surface area contributed by atoms with Gasteiger partial charge < -0.3 is 15.6 Å². The number of nitrogens with two attached hydrogens (primary N) is 1. The number of primary amides is 1. The first-order valence-electron chi connectivity index (χ1n) is 7.42. The average molecular weight is 339 g/mol. The SMILES string of the molecule is Cc1sc(NC(=O)c2ccc(-n3cccc3)cc2)c(C(N)=O)c1C. The molecule has 0 atom stereocenters. The second-order valence-electron chi connectivity index (χ2n) is 5.44. The quantitative estimate of drug-likeness (QED) is 0.763. The minimum Gasteiger partial charge on any atom is -0.365 e. The van der Waals surface area contributed by atoms with Gasteiger partial charge in [0.25, 0.3) is 11.8 Å². The highest BCUT2D eigenvalue weighted by atomic mass is 32.1. The van der Waals surface area contributed by atoms with Crippen molar-refractivity contribution in [3.05, 3.63) is 70.4 Å². The van der Waals surface area contributed by atoms with Crippen LogP contribution in [0.3, 0.4) is 0 Å². The first kappa shape index (κ1) is 16.0. The lowest BCUT2D eigenvalue weighted by Gasteiger charge is -2.07. The summed E-state index contributed by atoms with van der Waals surface area (Å²) in [5, 5.41) is 3.29. The average Bonchev–Trinajstić information content (AvgIpc) is 3.17. The number of hydrogen-bond acceptors (Lipinski definition) is 3. The van der Waals surface area contributed by atoms with Crippen LogP contribution in [-0.4, -0.2) is 16.4 Å². The molecule has 0 aliphatic rings. The van der Waals surface area contributed by atoms with Gasteiger partial charge in [-0.25, -0.2) is 0 Å². The first-order valence-corrected chi connectivity index (χ1v) is 8.23. The van der Waals surface area contributed by atoms with Gasteiger partial charge in [0, 0.05) is 28.5 Å². The predicted molar refractivity (Wildman–Crippen MR) is 96.0 cm³/mol. The number of carbonyl (C=O) groups is 2. The summed E-state index contributed by atoms with van der Waals surface area (Å²) >= 11 is 1.36. The molecule has 3 N–H and O–H groups in total. The Balaban J connectivity index is 1.83. The number of aromatic nitrogens is 1. The lowest BCUT2D eigenvalue weighted by Crippen LogP contribution is -2.17. The monoisotopic (exact) mass is 339 g/mol. The predicted octanol–water partition coefficient (Wildman–Crippen LogP) is 3.51. The van der Waals surface area contributed by atoms with Crippen molar-refractivity contribution in [2.45, 2.75) is 13.8 Å². The van der Waals surface area contributed by atoms with Gasteiger partial charge in [-0.1, -0.05) is 0 Å². The number of carbonyl (C=O) groups excluding carboxylic acids is 2. The molecule has 0 aliphatic carbocycles. The van der Waals surface area contributed by atoms with Crippen LogP contribution in [0.5, 0.6) is 0 Å². The molecule has 0 spiro atoms. The number of hydrogen-bond donors (Lipinski definition) is 2. The highest BCUT2D eigenvalue weighted by Gasteiger charge is 2.19. The number of nitrogens with zero attached hydrogens (tertiary/aromatic N) is 1. The van der Waals surface area contributed by atoms with E-state index in [1.54, 1.807) is 12.1 Å². The van der Waals surface area contributed by atoms with E-state index < -0.39 is 5.91 Å². The molecule has 122 valence electrons. The zero-order valence-electron chi connectivity index (χ0n) is 13.4. The van der Waals surface area contributed by atoms with E-state index in [1.807, 2.05) is 55.1 Å². The smallest absolute Gasteiger partial charge is 0.256 e. The van der Waals surface area contributed by atoms with Crippen molar-refractivity contribution in [2.75, 3.05) is 5.32 Å². The van der Waals surface area contributed by atoms with Gasteiger partial charge in [-0.3, -0.25) is 9.59 Å². The third-order valence-electron chi connectivity index (χ3n) is 3.89. The summed E-state index contributed by atoms with van der Waals surface area (Å²) in [7, 11) is 0. The molecule has 0 radical (unpaired) electrons. The van der Waals surface area contributed by atoms with Crippen LogP contribution in [-0.2, 0) is 0 Å². The fraction of sp³-hybridized carbons (Fsp3) is 0.111. The van der Waals surface area contributed by atoms with E-state index in [2.05, 4.69) is 5.32 Å². The molecule has 0 aliphatic heterocycles. The van der Waals surface area contributed by atoms with Crippen LogP contribution >= 0.6 is 11.3 Å². The van der Waals surface area contributed by atoms with Crippen LogP contribution in [0.2, 0.25) is 0 Å². The van der Waals surface area contributed by atoms with Crippen LogP contribution in [0.15, 0.2) is 48.8 Å². The molecule has 3 rings (SSSR count). The van der Waals surface area contributed by atoms with Crippen molar-refractivity contribution in [3.63, 3.8) is 0 Å². The van der Waals surface area contributed by atoms with Crippen LogP contribution in [0.1, 0.15) is 31.2 Å². The maximum absolute atomic E-state index is 12.4. The lowest BCUT2D eigenvalue weighted by atomic mass is 10.1. The summed E-state index contributed by atoms with van der Waals surface area (Å²) in [6.07, 6.45) is 3.87. The molecule has 0 saturated carbocycles. The summed E-state index contributed by atoms with van der Waals surface area (Å²) in [6, 6.07) is 11.1.